The number of allylic oxidation sites excluding steroid dienone is 1. The van der Waals surface area contributed by atoms with Crippen LogP contribution in [-0.2, 0) is 9.47 Å². The molecule has 2 N–H and O–H groups in total. The molecule has 0 aromatic heterocycles. The highest BCUT2D eigenvalue weighted by Crippen LogP contribution is 2.41. The van der Waals surface area contributed by atoms with Crippen molar-refractivity contribution in [3.8, 4) is 0 Å². The van der Waals surface area contributed by atoms with E-state index in [0.717, 1.165) is 0 Å². The lowest BCUT2D eigenvalue weighted by Crippen LogP contribution is -2.61. The van der Waals surface area contributed by atoms with Crippen molar-refractivity contribution in [1.82, 2.24) is 0 Å². The molecule has 0 bridgehead atoms. The number of hydrogen-bond donors (Lipinski definition) is 2. The van der Waals surface area contributed by atoms with Crippen molar-refractivity contribution in [2.45, 2.75) is 77.8 Å². The average molecular weight is 368 g/mol. The third-order valence-corrected chi connectivity index (χ3v) is 4.09. The van der Waals surface area contributed by atoms with Crippen LogP contribution >= 0.6 is 0 Å². The van der Waals surface area contributed by atoms with E-state index in [-0.39, 0.29) is 13.0 Å². The average Bonchev–Trinajstić information content (AvgIpc) is 2.41. The van der Waals surface area contributed by atoms with Gasteiger partial charge in [0.1, 0.15) is 17.7 Å². The molecular weight excluding hydrogens is 338 g/mol. The number of hydrogen-bond acceptors (Lipinski definition) is 6. The molecule has 0 unspecified atom stereocenters. The van der Waals surface area contributed by atoms with E-state index in [2.05, 4.69) is 0 Å². The fraction of sp³-hybridized carbons (Fsp3) is 0.684. The molecule has 146 valence electrons. The maximum atomic E-state index is 13.1. The van der Waals surface area contributed by atoms with Gasteiger partial charge in [0.15, 0.2) is 11.5 Å². The van der Waals surface area contributed by atoms with E-state index in [0.29, 0.717) is 24.1 Å². The molecule has 2 amide bonds. The van der Waals surface area contributed by atoms with Crippen LogP contribution in [0.5, 0.6) is 0 Å². The normalized spacial score (nSPS) is 21.8. The summed E-state index contributed by atoms with van der Waals surface area (Å²) < 4.78 is 10.4. The molecule has 1 fully saturated rings. The van der Waals surface area contributed by atoms with Crippen LogP contribution in [0.15, 0.2) is 23.4 Å². The van der Waals surface area contributed by atoms with Gasteiger partial charge in [0, 0.05) is 18.4 Å². The van der Waals surface area contributed by atoms with Crippen molar-refractivity contribution in [3.05, 3.63) is 23.4 Å². The molecule has 1 aliphatic carbocycles. The van der Waals surface area contributed by atoms with E-state index in [1.54, 1.807) is 41.5 Å². The second-order valence-electron chi connectivity index (χ2n) is 8.94. The van der Waals surface area contributed by atoms with Crippen molar-refractivity contribution >= 4 is 12.2 Å². The molecule has 2 rings (SSSR count). The number of piperidine rings is 1. The van der Waals surface area contributed by atoms with Crippen LogP contribution in [0.2, 0.25) is 0 Å². The molecular formula is C19H30NO6+. The molecule has 1 heterocycles. The highest BCUT2D eigenvalue weighted by molar-refractivity contribution is 5.80. The quantitative estimate of drug-likeness (QED) is 0.503. The van der Waals surface area contributed by atoms with E-state index in [1.807, 2.05) is 0 Å². The summed E-state index contributed by atoms with van der Waals surface area (Å²) in [4.78, 5) is 26.3. The first kappa shape index (κ1) is 20.6. The summed E-state index contributed by atoms with van der Waals surface area (Å²) >= 11 is 0. The number of carbonyl (C=O) groups excluding carboxylic acids is 2. The smallest absolute Gasteiger partial charge is 0.414 e. The molecule has 2 aliphatic rings. The minimum Gasteiger partial charge on any atom is -0.414 e. The first-order valence-electron chi connectivity index (χ1n) is 8.89. The van der Waals surface area contributed by atoms with Gasteiger partial charge in [-0.3, -0.25) is 0 Å². The van der Waals surface area contributed by atoms with Crippen molar-refractivity contribution in [2.24, 2.45) is 0 Å². The molecule has 0 radical (unpaired) electrons. The number of likely N-dealkylation sites (tertiary alicyclic amines) is 1. The van der Waals surface area contributed by atoms with Crippen LogP contribution in [0.25, 0.3) is 0 Å². The van der Waals surface area contributed by atoms with Gasteiger partial charge in [0.25, 0.3) is 0 Å². The molecule has 7 nitrogen and oxygen atoms in total. The highest BCUT2D eigenvalue weighted by Gasteiger charge is 2.58. The molecule has 7 heteroatoms. The number of amides is 2. The lowest BCUT2D eigenvalue weighted by atomic mass is 9.90. The van der Waals surface area contributed by atoms with Gasteiger partial charge in [-0.25, -0.2) is 0 Å². The van der Waals surface area contributed by atoms with Crippen LogP contribution < -0.4 is 0 Å². The Balaban J connectivity index is 2.54. The maximum Gasteiger partial charge on any atom is 0.532 e. The number of quaternary nitrogens is 1. The lowest BCUT2D eigenvalue weighted by molar-refractivity contribution is -0.750. The Morgan fingerprint density at radius 3 is 2.00 bits per heavy atom. The highest BCUT2D eigenvalue weighted by atomic mass is 16.6. The van der Waals surface area contributed by atoms with Crippen molar-refractivity contribution in [2.75, 3.05) is 6.54 Å². The Morgan fingerprint density at radius 1 is 1.04 bits per heavy atom. The third kappa shape index (κ3) is 4.34. The van der Waals surface area contributed by atoms with Gasteiger partial charge >= 0.3 is 12.2 Å². The molecule has 1 aliphatic heterocycles. The van der Waals surface area contributed by atoms with Crippen molar-refractivity contribution < 1.29 is 33.8 Å². The van der Waals surface area contributed by atoms with E-state index in [4.69, 9.17) is 9.47 Å². The van der Waals surface area contributed by atoms with Gasteiger partial charge in [-0.2, -0.15) is 9.59 Å². The topological polar surface area (TPSA) is 93.1 Å². The summed E-state index contributed by atoms with van der Waals surface area (Å²) in [6.45, 7) is 10.6. The largest absolute Gasteiger partial charge is 0.532 e. The fourth-order valence-electron chi connectivity index (χ4n) is 3.15. The second-order valence-corrected chi connectivity index (χ2v) is 8.94. The molecule has 26 heavy (non-hydrogen) atoms. The third-order valence-electron chi connectivity index (χ3n) is 4.09. The molecule has 0 spiro atoms. The number of fused-ring (bicyclic) bond motifs is 1. The zero-order valence-electron chi connectivity index (χ0n) is 16.5. The zero-order chi connectivity index (χ0) is 20.0. The summed E-state index contributed by atoms with van der Waals surface area (Å²) in [5.41, 5.74) is -0.584. The van der Waals surface area contributed by atoms with E-state index in [9.17, 15) is 19.8 Å². The first-order valence-corrected chi connectivity index (χ1v) is 8.89. The second kappa shape index (κ2) is 6.48. The summed E-state index contributed by atoms with van der Waals surface area (Å²) in [7, 11) is 0. The standard InChI is InChI=1S/C19H30NO6/c1-17(2,3)25-15(21)20(16(22)26-18(4,5)6)11-7-8-13-12-19(23,24)10-9-14(13)20/h9,12,23-24H,7-8,10-11H2,1-6H3/q+1. The summed E-state index contributed by atoms with van der Waals surface area (Å²) in [5.74, 6) is -1.98. The maximum absolute atomic E-state index is 13.1. The Bertz CT molecular complexity index is 632. The molecule has 0 aromatic rings. The predicted molar refractivity (Wildman–Crippen MR) is 94.8 cm³/mol. The van der Waals surface area contributed by atoms with Crippen LogP contribution in [0.1, 0.15) is 60.8 Å². The van der Waals surface area contributed by atoms with E-state index in [1.165, 1.54) is 12.2 Å². The Morgan fingerprint density at radius 2 is 1.54 bits per heavy atom. The molecule has 0 atom stereocenters. The number of carbonyl (C=O) groups is 2. The minimum atomic E-state index is -1.98. The lowest BCUT2D eigenvalue weighted by Gasteiger charge is -2.40. The number of imide groups is 1. The zero-order valence-corrected chi connectivity index (χ0v) is 16.5. The Hall–Kier alpha value is -1.70. The van der Waals surface area contributed by atoms with Gasteiger partial charge in [0.2, 0.25) is 0 Å². The number of rotatable bonds is 0. The Kier molecular flexibility index (Phi) is 5.13. The summed E-state index contributed by atoms with van der Waals surface area (Å²) in [6, 6.07) is 0. The molecule has 0 saturated carbocycles. The van der Waals surface area contributed by atoms with Gasteiger partial charge in [0.05, 0.1) is 0 Å². The molecule has 1 saturated heterocycles. The fourth-order valence-corrected chi connectivity index (χ4v) is 3.15. The van der Waals surface area contributed by atoms with Crippen LogP contribution in [0.3, 0.4) is 0 Å². The summed E-state index contributed by atoms with van der Waals surface area (Å²) in [6.07, 6.45) is 2.35. The van der Waals surface area contributed by atoms with Crippen LogP contribution in [0, 0.1) is 0 Å². The van der Waals surface area contributed by atoms with Gasteiger partial charge in [-0.05, 0) is 60.1 Å². The van der Waals surface area contributed by atoms with Gasteiger partial charge < -0.3 is 19.7 Å². The minimum absolute atomic E-state index is 0.114. The van der Waals surface area contributed by atoms with Gasteiger partial charge in [-0.1, -0.05) is 4.48 Å². The van der Waals surface area contributed by atoms with Crippen LogP contribution in [-0.4, -0.2) is 50.4 Å². The van der Waals surface area contributed by atoms with Crippen molar-refractivity contribution in [3.63, 3.8) is 0 Å². The van der Waals surface area contributed by atoms with E-state index >= 15 is 0 Å². The van der Waals surface area contributed by atoms with Gasteiger partial charge in [-0.15, -0.1) is 0 Å². The predicted octanol–water partition coefficient (Wildman–Crippen LogP) is 3.36. The number of aliphatic hydroxyl groups is 2. The van der Waals surface area contributed by atoms with Crippen molar-refractivity contribution in [1.29, 1.82) is 0 Å². The number of ether oxygens (including phenoxy) is 2. The summed E-state index contributed by atoms with van der Waals surface area (Å²) in [5, 5.41) is 19.9. The van der Waals surface area contributed by atoms with E-state index < -0.39 is 33.7 Å². The SMILES string of the molecule is CC(C)(C)OC(=O)[N+]1(C(=O)OC(C)(C)C)CCCC2=CC(O)(O)CC=C21. The van der Waals surface area contributed by atoms with Crippen LogP contribution in [0.4, 0.5) is 9.59 Å². The monoisotopic (exact) mass is 368 g/mol. The molecule has 0 aromatic carbocycles. The Labute approximate surface area is 154 Å². The first-order chi connectivity index (χ1) is 11.7. The number of nitrogens with zero attached hydrogens (tertiary/aromatic N) is 1.